The number of fused-ring (bicyclic) bond motifs is 2. The van der Waals surface area contributed by atoms with Gasteiger partial charge >= 0.3 is 5.97 Å². The first-order valence-electron chi connectivity index (χ1n) is 12.6. The zero-order chi connectivity index (χ0) is 25.9. The van der Waals surface area contributed by atoms with Gasteiger partial charge < -0.3 is 19.3 Å². The number of hydrogen-bond acceptors (Lipinski definition) is 3. The Balaban J connectivity index is 1.52. The van der Waals surface area contributed by atoms with Crippen molar-refractivity contribution in [2.75, 3.05) is 20.7 Å². The van der Waals surface area contributed by atoms with E-state index in [1.807, 2.05) is 72.1 Å². The van der Waals surface area contributed by atoms with Gasteiger partial charge in [-0.05, 0) is 61.6 Å². The Morgan fingerprint density at radius 2 is 1.59 bits per heavy atom. The number of aromatic carboxylic acids is 1. The van der Waals surface area contributed by atoms with Crippen molar-refractivity contribution < 1.29 is 14.6 Å². The Morgan fingerprint density at radius 1 is 0.892 bits per heavy atom. The molecule has 0 saturated carbocycles. The van der Waals surface area contributed by atoms with Gasteiger partial charge in [-0.1, -0.05) is 72.8 Å². The van der Waals surface area contributed by atoms with Gasteiger partial charge in [-0.2, -0.15) is 0 Å². The molecule has 188 valence electrons. The lowest BCUT2D eigenvalue weighted by molar-refractivity contribution is 0.0683. The van der Waals surface area contributed by atoms with Crippen LogP contribution >= 0.6 is 0 Å². The molecule has 0 saturated heterocycles. The van der Waals surface area contributed by atoms with E-state index in [9.17, 15) is 9.90 Å². The number of ether oxygens (including phenoxy) is 1. The van der Waals surface area contributed by atoms with Crippen molar-refractivity contribution in [3.05, 3.63) is 102 Å². The van der Waals surface area contributed by atoms with Crippen LogP contribution < -0.4 is 4.74 Å². The fraction of sp³-hybridized carbons (Fsp3) is 0.219. The molecular weight excluding hydrogens is 460 g/mol. The van der Waals surface area contributed by atoms with Crippen LogP contribution in [0.3, 0.4) is 0 Å². The Morgan fingerprint density at radius 3 is 2.38 bits per heavy atom. The Labute approximate surface area is 217 Å². The molecule has 5 heteroatoms. The molecule has 0 bridgehead atoms. The number of aromatic nitrogens is 1. The van der Waals surface area contributed by atoms with Crippen molar-refractivity contribution >= 4 is 27.6 Å². The van der Waals surface area contributed by atoms with Crippen LogP contribution in [0.4, 0.5) is 0 Å². The fourth-order valence-corrected chi connectivity index (χ4v) is 5.26. The molecule has 5 rings (SSSR count). The number of nitrogens with zero attached hydrogens (tertiary/aromatic N) is 2. The predicted molar refractivity (Wildman–Crippen MR) is 151 cm³/mol. The van der Waals surface area contributed by atoms with Gasteiger partial charge in [0, 0.05) is 34.9 Å². The molecule has 0 aliphatic heterocycles. The number of hydrogen-bond donors (Lipinski definition) is 1. The molecular formula is C32H32N2O3. The SMILES string of the molecule is Cc1ccccc1-c1cccc2c1c(CN(C)C)c(C(=O)O)n2CCCOc1cccc2ccccc12. The van der Waals surface area contributed by atoms with E-state index < -0.39 is 5.97 Å². The Hall–Kier alpha value is -4.09. The van der Waals surface area contributed by atoms with E-state index >= 15 is 0 Å². The van der Waals surface area contributed by atoms with Crippen LogP contribution in [0.1, 0.15) is 28.0 Å². The molecule has 1 aromatic heterocycles. The highest BCUT2D eigenvalue weighted by molar-refractivity contribution is 6.05. The maximum absolute atomic E-state index is 12.6. The molecule has 5 nitrogen and oxygen atoms in total. The Kier molecular flexibility index (Phi) is 6.97. The van der Waals surface area contributed by atoms with Gasteiger partial charge in [-0.3, -0.25) is 0 Å². The molecule has 0 radical (unpaired) electrons. The molecule has 0 fully saturated rings. The van der Waals surface area contributed by atoms with Gasteiger partial charge in [0.2, 0.25) is 0 Å². The summed E-state index contributed by atoms with van der Waals surface area (Å²) in [6, 6.07) is 28.7. The summed E-state index contributed by atoms with van der Waals surface area (Å²) in [6.07, 6.45) is 0.684. The largest absolute Gasteiger partial charge is 0.493 e. The van der Waals surface area contributed by atoms with Crippen molar-refractivity contribution in [3.63, 3.8) is 0 Å². The van der Waals surface area contributed by atoms with Crippen LogP contribution in [0.5, 0.6) is 5.75 Å². The molecule has 5 aromatic rings. The summed E-state index contributed by atoms with van der Waals surface area (Å²) in [5.41, 5.74) is 5.51. The van der Waals surface area contributed by atoms with E-state index in [4.69, 9.17) is 4.74 Å². The van der Waals surface area contributed by atoms with E-state index in [1.54, 1.807) is 0 Å². The average Bonchev–Trinajstić information content (AvgIpc) is 3.20. The second-order valence-corrected chi connectivity index (χ2v) is 9.72. The minimum atomic E-state index is -0.904. The van der Waals surface area contributed by atoms with Gasteiger partial charge in [0.15, 0.2) is 0 Å². The molecule has 0 aliphatic rings. The zero-order valence-electron chi connectivity index (χ0n) is 21.6. The van der Waals surface area contributed by atoms with Crippen LogP contribution in [-0.2, 0) is 13.1 Å². The summed E-state index contributed by atoms with van der Waals surface area (Å²) in [5.74, 6) is -0.0530. The second kappa shape index (κ2) is 10.5. The first-order valence-corrected chi connectivity index (χ1v) is 12.6. The molecule has 0 amide bonds. The van der Waals surface area contributed by atoms with Crippen molar-refractivity contribution in [1.82, 2.24) is 9.47 Å². The summed E-state index contributed by atoms with van der Waals surface area (Å²) in [4.78, 5) is 14.7. The van der Waals surface area contributed by atoms with Crippen LogP contribution in [-0.4, -0.2) is 41.2 Å². The quantitative estimate of drug-likeness (QED) is 0.225. The van der Waals surface area contributed by atoms with Crippen LogP contribution in [0.2, 0.25) is 0 Å². The van der Waals surface area contributed by atoms with E-state index in [-0.39, 0.29) is 0 Å². The average molecular weight is 493 g/mol. The highest BCUT2D eigenvalue weighted by atomic mass is 16.5. The summed E-state index contributed by atoms with van der Waals surface area (Å²) in [6.45, 7) is 3.68. The number of carboxylic acid groups (broad SMARTS) is 1. The van der Waals surface area contributed by atoms with Crippen molar-refractivity contribution in [1.29, 1.82) is 0 Å². The van der Waals surface area contributed by atoms with Crippen molar-refractivity contribution in [2.45, 2.75) is 26.4 Å². The number of rotatable bonds is 9. The first-order chi connectivity index (χ1) is 18.0. The van der Waals surface area contributed by atoms with E-state index in [0.29, 0.717) is 31.8 Å². The van der Waals surface area contributed by atoms with Crippen molar-refractivity contribution in [2.24, 2.45) is 0 Å². The van der Waals surface area contributed by atoms with Gasteiger partial charge in [0.25, 0.3) is 0 Å². The molecule has 4 aromatic carbocycles. The standard InChI is InChI=1S/C32H32N2O3/c1-22-11-4-6-14-24(22)26-16-9-17-28-30(26)27(21-33(2)3)31(32(35)36)34(28)19-10-20-37-29-18-8-13-23-12-5-7-15-25(23)29/h4-9,11-18H,10,19-21H2,1-3H3,(H,35,36). The summed E-state index contributed by atoms with van der Waals surface area (Å²) in [7, 11) is 3.95. The fourth-order valence-electron chi connectivity index (χ4n) is 5.26. The van der Waals surface area contributed by atoms with Crippen LogP contribution in [0, 0.1) is 6.92 Å². The summed E-state index contributed by atoms with van der Waals surface area (Å²) < 4.78 is 8.13. The van der Waals surface area contributed by atoms with Gasteiger partial charge in [-0.25, -0.2) is 4.79 Å². The lowest BCUT2D eigenvalue weighted by atomic mass is 9.95. The van der Waals surface area contributed by atoms with E-state index in [1.165, 1.54) is 5.56 Å². The third kappa shape index (κ3) is 4.83. The summed E-state index contributed by atoms with van der Waals surface area (Å²) in [5, 5.41) is 13.6. The van der Waals surface area contributed by atoms with E-state index in [0.717, 1.165) is 44.1 Å². The molecule has 37 heavy (non-hydrogen) atoms. The minimum absolute atomic E-state index is 0.356. The number of benzene rings is 4. The maximum Gasteiger partial charge on any atom is 0.352 e. The topological polar surface area (TPSA) is 54.7 Å². The molecule has 0 atom stereocenters. The molecule has 0 spiro atoms. The third-order valence-electron chi connectivity index (χ3n) is 6.84. The lowest BCUT2D eigenvalue weighted by Crippen LogP contribution is -2.16. The Bertz CT molecular complexity index is 1580. The molecule has 1 heterocycles. The molecule has 1 N–H and O–H groups in total. The number of carboxylic acids is 1. The maximum atomic E-state index is 12.6. The number of aryl methyl sites for hydroxylation is 2. The lowest BCUT2D eigenvalue weighted by Gasteiger charge is -2.13. The van der Waals surface area contributed by atoms with Crippen LogP contribution in [0.15, 0.2) is 84.9 Å². The second-order valence-electron chi connectivity index (χ2n) is 9.72. The van der Waals surface area contributed by atoms with Crippen LogP contribution in [0.25, 0.3) is 32.8 Å². The first kappa shape index (κ1) is 24.6. The highest BCUT2D eigenvalue weighted by Gasteiger charge is 2.25. The zero-order valence-corrected chi connectivity index (χ0v) is 21.6. The molecule has 0 aliphatic carbocycles. The number of carbonyl (C=O) groups is 1. The normalized spacial score (nSPS) is 11.5. The molecule has 0 unspecified atom stereocenters. The summed E-state index contributed by atoms with van der Waals surface area (Å²) >= 11 is 0. The van der Waals surface area contributed by atoms with E-state index in [2.05, 4.69) is 43.3 Å². The minimum Gasteiger partial charge on any atom is -0.493 e. The predicted octanol–water partition coefficient (Wildman–Crippen LogP) is 7.00. The van der Waals surface area contributed by atoms with Crippen molar-refractivity contribution in [3.8, 4) is 16.9 Å². The van der Waals surface area contributed by atoms with Gasteiger partial charge in [0.1, 0.15) is 11.4 Å². The third-order valence-corrected chi connectivity index (χ3v) is 6.84. The monoisotopic (exact) mass is 492 g/mol. The smallest absolute Gasteiger partial charge is 0.352 e. The van der Waals surface area contributed by atoms with Gasteiger partial charge in [0.05, 0.1) is 6.61 Å². The highest BCUT2D eigenvalue weighted by Crippen LogP contribution is 2.37. The van der Waals surface area contributed by atoms with Gasteiger partial charge in [-0.15, -0.1) is 0 Å².